The van der Waals surface area contributed by atoms with Crippen molar-refractivity contribution in [3.63, 3.8) is 0 Å². The van der Waals surface area contributed by atoms with Gasteiger partial charge < -0.3 is 54.4 Å². The van der Waals surface area contributed by atoms with Crippen molar-refractivity contribution in [2.75, 3.05) is 63.4 Å². The van der Waals surface area contributed by atoms with E-state index in [2.05, 4.69) is 103 Å². The molecule has 0 radical (unpaired) electrons. The second kappa shape index (κ2) is 21.1. The molecule has 4 saturated heterocycles. The van der Waals surface area contributed by atoms with Crippen molar-refractivity contribution < 1.29 is 33.4 Å². The van der Waals surface area contributed by atoms with Gasteiger partial charge in [0.2, 0.25) is 11.8 Å². The van der Waals surface area contributed by atoms with Crippen molar-refractivity contribution in [2.24, 2.45) is 11.8 Å². The highest BCUT2D eigenvalue weighted by Gasteiger charge is 2.41. The Hall–Kier alpha value is -7.21. The molecule has 4 N–H and O–H groups in total. The fourth-order valence-corrected chi connectivity index (χ4v) is 11.4. The third-order valence-electron chi connectivity index (χ3n) is 15.3. The molecule has 6 atom stereocenters. The number of carbonyl (C=O) groups excluding carboxylic acids is 4. The molecule has 4 fully saturated rings. The smallest absolute Gasteiger partial charge is 0.407 e. The summed E-state index contributed by atoms with van der Waals surface area (Å²) in [5.41, 5.74) is 8.97. The number of nitrogens with zero attached hydrogens (tertiary/aromatic N) is 7. The highest BCUT2D eigenvalue weighted by Crippen LogP contribution is 2.48. The van der Waals surface area contributed by atoms with E-state index in [-0.39, 0.29) is 47.8 Å². The number of carbonyl (C=O) groups is 4. The molecule has 4 amide bonds. The lowest BCUT2D eigenvalue weighted by Crippen LogP contribution is -2.51. The summed E-state index contributed by atoms with van der Waals surface area (Å²) in [7, 11) is 2.60. The summed E-state index contributed by atoms with van der Waals surface area (Å²) in [6, 6.07) is 24.0. The number of nitrogens with one attached hydrogen (secondary N) is 4. The first-order valence-corrected chi connectivity index (χ1v) is 25.9. The number of aromatic nitrogens is 5. The molecule has 4 aliphatic rings. The van der Waals surface area contributed by atoms with Gasteiger partial charge >= 0.3 is 12.2 Å². The third-order valence-corrected chi connectivity index (χ3v) is 15.3. The largest absolute Gasteiger partial charge is 0.453 e. The molecule has 384 valence electrons. The molecule has 10 rings (SSSR count). The van der Waals surface area contributed by atoms with Crippen molar-refractivity contribution in [3.05, 3.63) is 102 Å². The molecule has 18 nitrogen and oxygen atoms in total. The normalized spacial score (nSPS) is 21.1. The number of imidazole rings is 2. The number of alkyl carbamates (subject to hydrolysis) is 2. The Labute approximate surface area is 425 Å². The van der Waals surface area contributed by atoms with Crippen LogP contribution in [0.1, 0.15) is 113 Å². The molecule has 3 aromatic heterocycles. The zero-order valence-electron chi connectivity index (χ0n) is 42.6. The summed E-state index contributed by atoms with van der Waals surface area (Å²) < 4.78 is 15.3. The number of morpholine rings is 1. The van der Waals surface area contributed by atoms with E-state index in [0.717, 1.165) is 119 Å². The quantitative estimate of drug-likeness (QED) is 0.0861. The molecule has 18 heteroatoms. The van der Waals surface area contributed by atoms with E-state index < -0.39 is 24.3 Å². The molecule has 4 aliphatic heterocycles. The van der Waals surface area contributed by atoms with E-state index in [1.807, 2.05) is 43.7 Å². The maximum absolute atomic E-state index is 14.0. The Balaban J connectivity index is 0.951. The number of pyridine rings is 1. The van der Waals surface area contributed by atoms with Gasteiger partial charge in [0.15, 0.2) is 0 Å². The van der Waals surface area contributed by atoms with E-state index in [9.17, 15) is 19.2 Å². The Kier molecular flexibility index (Phi) is 14.3. The fourth-order valence-electron chi connectivity index (χ4n) is 11.4. The number of anilines is 2. The minimum absolute atomic E-state index is 0.0146. The van der Waals surface area contributed by atoms with Gasteiger partial charge in [-0.25, -0.2) is 24.5 Å². The number of H-pyrrole nitrogens is 2. The van der Waals surface area contributed by atoms with Gasteiger partial charge in [-0.2, -0.15) is 0 Å². The minimum Gasteiger partial charge on any atom is -0.453 e. The highest BCUT2D eigenvalue weighted by atomic mass is 16.5. The lowest BCUT2D eigenvalue weighted by atomic mass is 10.0. The second-order valence-corrected chi connectivity index (χ2v) is 20.5. The Morgan fingerprint density at radius 3 is 1.56 bits per heavy atom. The maximum Gasteiger partial charge on any atom is 0.407 e. The lowest BCUT2D eigenvalue weighted by Gasteiger charge is -2.33. The number of likely N-dealkylation sites (tertiary alicyclic amines) is 2. The number of ether oxygens (including phenoxy) is 3. The average Bonchev–Trinajstić information content (AvgIpc) is 4.28. The summed E-state index contributed by atoms with van der Waals surface area (Å²) in [5, 5.41) is 5.50. The van der Waals surface area contributed by atoms with Crippen LogP contribution in [0.15, 0.2) is 79.0 Å². The SMILES string of the molecule is COC(=O)NC(C(=O)N1CCCC1c1nc2ccc(C3CCC(c4ccc5nc(C6CCCN6C(=O)C(NC(=O)OC)C(C)C)[nH]c5c4)N3c3ccc(-c4ccc(N5CCOCC5)nc4)cc3)cc2[nH]1)C(C)C. The highest BCUT2D eigenvalue weighted by molar-refractivity contribution is 5.88. The molecule has 0 saturated carbocycles. The molecule has 0 aliphatic carbocycles. The summed E-state index contributed by atoms with van der Waals surface area (Å²) >= 11 is 0. The molecule has 7 heterocycles. The number of hydrogen-bond acceptors (Lipinski definition) is 12. The van der Waals surface area contributed by atoms with Crippen LogP contribution in [-0.4, -0.2) is 124 Å². The molecule has 6 aromatic rings. The van der Waals surface area contributed by atoms with E-state index >= 15 is 0 Å². The monoisotopic (exact) mass is 994 g/mol. The van der Waals surface area contributed by atoms with Crippen molar-refractivity contribution in [2.45, 2.75) is 102 Å². The van der Waals surface area contributed by atoms with Crippen LogP contribution in [0.2, 0.25) is 0 Å². The van der Waals surface area contributed by atoms with Crippen LogP contribution in [0.3, 0.4) is 0 Å². The van der Waals surface area contributed by atoms with Crippen LogP contribution in [0.25, 0.3) is 33.2 Å². The van der Waals surface area contributed by atoms with Gasteiger partial charge in [0.1, 0.15) is 29.6 Å². The maximum atomic E-state index is 14.0. The lowest BCUT2D eigenvalue weighted by molar-refractivity contribution is -0.136. The van der Waals surface area contributed by atoms with E-state index in [1.165, 1.54) is 14.2 Å². The van der Waals surface area contributed by atoms with Crippen LogP contribution in [0.5, 0.6) is 0 Å². The topological polar surface area (TPSA) is 203 Å². The first-order valence-electron chi connectivity index (χ1n) is 25.9. The zero-order valence-corrected chi connectivity index (χ0v) is 42.6. The molecule has 0 bridgehead atoms. The summed E-state index contributed by atoms with van der Waals surface area (Å²) in [4.78, 5) is 83.1. The minimum atomic E-state index is -0.720. The van der Waals surface area contributed by atoms with Gasteiger partial charge in [-0.05, 0) is 116 Å². The standard InChI is InChI=1S/C55H67N11O7/c1-32(2)48(61-54(69)71-5)52(67)64-23-7-9-45(64)50-57-39-18-13-35(29-41(39)59-50)43-20-21-44(66(43)38-16-11-34(12-17-38)37-15-22-47(56-31-37)63-25-27-73-28-26-63)36-14-19-40-42(30-36)60-51(58-40)46-10-8-24-65(46)53(68)49(33(3)4)62-55(70)72-6/h11-19,22,29-33,43-46,48-49H,7-10,20-21,23-28H2,1-6H3,(H,57,59)(H,58,60)(H,61,69)(H,62,70). The first-order chi connectivity index (χ1) is 35.4. The van der Waals surface area contributed by atoms with E-state index in [1.54, 1.807) is 0 Å². The number of benzene rings is 3. The molecule has 0 spiro atoms. The summed E-state index contributed by atoms with van der Waals surface area (Å²) in [6.07, 6.45) is 5.65. The van der Waals surface area contributed by atoms with Crippen LogP contribution in [0.4, 0.5) is 21.1 Å². The van der Waals surface area contributed by atoms with E-state index in [0.29, 0.717) is 26.3 Å². The van der Waals surface area contributed by atoms with Crippen LogP contribution < -0.4 is 20.4 Å². The van der Waals surface area contributed by atoms with Crippen molar-refractivity contribution in [1.82, 2.24) is 45.4 Å². The number of fused-ring (bicyclic) bond motifs is 2. The summed E-state index contributed by atoms with van der Waals surface area (Å²) in [6.45, 7) is 11.9. The predicted octanol–water partition coefficient (Wildman–Crippen LogP) is 8.51. The number of hydrogen-bond donors (Lipinski definition) is 4. The van der Waals surface area contributed by atoms with Crippen molar-refractivity contribution in [1.29, 1.82) is 0 Å². The number of rotatable bonds is 13. The predicted molar refractivity (Wildman–Crippen MR) is 278 cm³/mol. The Morgan fingerprint density at radius 2 is 1.11 bits per heavy atom. The van der Waals surface area contributed by atoms with Crippen LogP contribution in [-0.2, 0) is 23.8 Å². The number of amides is 4. The molecule has 73 heavy (non-hydrogen) atoms. The van der Waals surface area contributed by atoms with Crippen LogP contribution >= 0.6 is 0 Å². The van der Waals surface area contributed by atoms with Gasteiger partial charge in [0, 0.05) is 43.6 Å². The van der Waals surface area contributed by atoms with Gasteiger partial charge in [0.25, 0.3) is 0 Å². The second-order valence-electron chi connectivity index (χ2n) is 20.5. The Bertz CT molecular complexity index is 2800. The van der Waals surface area contributed by atoms with Crippen molar-refractivity contribution >= 4 is 57.6 Å². The molecular formula is C55H67N11O7. The fraction of sp³-hybridized carbons (Fsp3) is 0.473. The first kappa shape index (κ1) is 49.4. The van der Waals surface area contributed by atoms with Gasteiger partial charge in [-0.1, -0.05) is 52.0 Å². The average molecular weight is 994 g/mol. The van der Waals surface area contributed by atoms with E-state index in [4.69, 9.17) is 29.2 Å². The number of methoxy groups -OCH3 is 2. The molecule has 3 aromatic carbocycles. The zero-order chi connectivity index (χ0) is 50.9. The van der Waals surface area contributed by atoms with Crippen LogP contribution in [0, 0.1) is 11.8 Å². The molecular weight excluding hydrogens is 927 g/mol. The van der Waals surface area contributed by atoms with Gasteiger partial charge in [-0.15, -0.1) is 0 Å². The third kappa shape index (κ3) is 10.0. The Morgan fingerprint density at radius 1 is 0.616 bits per heavy atom. The summed E-state index contributed by atoms with van der Waals surface area (Å²) in [5.74, 6) is 1.87. The van der Waals surface area contributed by atoms with Crippen molar-refractivity contribution in [3.8, 4) is 11.1 Å². The van der Waals surface area contributed by atoms with Gasteiger partial charge in [-0.3, -0.25) is 9.59 Å². The number of aromatic amines is 2. The van der Waals surface area contributed by atoms with Gasteiger partial charge in [0.05, 0.1) is 73.7 Å². The molecule has 6 unspecified atom stereocenters.